The van der Waals surface area contributed by atoms with Crippen LogP contribution in [0.3, 0.4) is 0 Å². The number of nitrogens with one attached hydrogen (secondary N) is 1. The predicted octanol–water partition coefficient (Wildman–Crippen LogP) is 3.95. The van der Waals surface area contributed by atoms with E-state index in [4.69, 9.17) is 9.72 Å². The van der Waals surface area contributed by atoms with Crippen molar-refractivity contribution in [1.29, 1.82) is 0 Å². The number of aromatic nitrogens is 1. The molecule has 1 aromatic heterocycles. The Kier molecular flexibility index (Phi) is 6.05. The number of benzene rings is 1. The van der Waals surface area contributed by atoms with Crippen LogP contribution in [0.15, 0.2) is 36.4 Å². The number of fused-ring (bicyclic) bond motifs is 1. The Labute approximate surface area is 181 Å². The van der Waals surface area contributed by atoms with Crippen LogP contribution in [0.2, 0.25) is 0 Å². The number of carbonyl (C=O) groups is 2. The minimum Gasteiger partial charge on any atom is -0.365 e. The Balaban J connectivity index is 1.50. The quantitative estimate of drug-likeness (QED) is 0.805. The number of carbonyl (C=O) groups excluding carboxylic acids is 2. The van der Waals surface area contributed by atoms with Crippen LogP contribution in [-0.2, 0) is 16.0 Å². The molecule has 0 radical (unpaired) electrons. The third kappa shape index (κ3) is 4.46. The summed E-state index contributed by atoms with van der Waals surface area (Å²) in [6.45, 7) is 5.02. The molecule has 2 aromatic rings. The van der Waals surface area contributed by atoms with Gasteiger partial charge in [-0.2, -0.15) is 0 Å². The Morgan fingerprint density at radius 1 is 1.16 bits per heavy atom. The summed E-state index contributed by atoms with van der Waals surface area (Å²) in [6, 6.07) is 8.88. The highest BCUT2D eigenvalue weighted by Crippen LogP contribution is 2.33. The second-order valence-corrected chi connectivity index (χ2v) is 8.50. The molecule has 1 saturated heterocycles. The van der Waals surface area contributed by atoms with E-state index in [0.717, 1.165) is 49.2 Å². The highest BCUT2D eigenvalue weighted by molar-refractivity contribution is 6.00. The highest BCUT2D eigenvalue weighted by atomic mass is 19.1. The van der Waals surface area contributed by atoms with Crippen molar-refractivity contribution in [3.63, 3.8) is 0 Å². The number of rotatable bonds is 4. The summed E-state index contributed by atoms with van der Waals surface area (Å²) in [5.41, 5.74) is 2.03. The van der Waals surface area contributed by atoms with Crippen molar-refractivity contribution in [2.24, 2.45) is 0 Å². The minimum absolute atomic E-state index is 0.000334. The van der Waals surface area contributed by atoms with Gasteiger partial charge in [0.05, 0.1) is 23.1 Å². The third-order valence-electron chi connectivity index (χ3n) is 6.12. The predicted molar refractivity (Wildman–Crippen MR) is 115 cm³/mol. The van der Waals surface area contributed by atoms with E-state index in [1.807, 2.05) is 30.9 Å². The van der Waals surface area contributed by atoms with Crippen LogP contribution in [0.1, 0.15) is 67.3 Å². The molecule has 0 bridgehead atoms. The summed E-state index contributed by atoms with van der Waals surface area (Å²) in [5, 5.41) is 2.91. The fourth-order valence-electron chi connectivity index (χ4n) is 4.26. The van der Waals surface area contributed by atoms with Gasteiger partial charge in [0.1, 0.15) is 11.4 Å². The summed E-state index contributed by atoms with van der Waals surface area (Å²) in [7, 11) is 0. The Morgan fingerprint density at radius 3 is 2.65 bits per heavy atom. The van der Waals surface area contributed by atoms with Crippen LogP contribution in [0, 0.1) is 5.82 Å². The highest BCUT2D eigenvalue weighted by Gasteiger charge is 2.41. The second-order valence-electron chi connectivity index (χ2n) is 8.50. The Morgan fingerprint density at radius 2 is 1.94 bits per heavy atom. The molecule has 4 rings (SSSR count). The number of anilines is 1. The summed E-state index contributed by atoms with van der Waals surface area (Å²) in [4.78, 5) is 32.3. The first-order chi connectivity index (χ1) is 14.9. The van der Waals surface area contributed by atoms with Gasteiger partial charge in [-0.05, 0) is 82.3 Å². The van der Waals surface area contributed by atoms with Crippen molar-refractivity contribution >= 4 is 17.5 Å². The van der Waals surface area contributed by atoms with Crippen molar-refractivity contribution in [3.05, 3.63) is 59.2 Å². The van der Waals surface area contributed by atoms with Gasteiger partial charge in [-0.15, -0.1) is 0 Å². The molecule has 1 fully saturated rings. The van der Waals surface area contributed by atoms with Crippen LogP contribution in [0.4, 0.5) is 10.1 Å². The van der Waals surface area contributed by atoms with Crippen molar-refractivity contribution in [3.8, 4) is 0 Å². The fourth-order valence-corrected chi connectivity index (χ4v) is 4.26. The van der Waals surface area contributed by atoms with Crippen molar-refractivity contribution in [2.45, 2.75) is 57.6 Å². The molecule has 1 aromatic carbocycles. The maximum Gasteiger partial charge on any atom is 0.258 e. The molecular weight excluding hydrogens is 397 g/mol. The molecule has 2 unspecified atom stereocenters. The summed E-state index contributed by atoms with van der Waals surface area (Å²) in [5.74, 6) is -0.668. The van der Waals surface area contributed by atoms with Crippen molar-refractivity contribution in [1.82, 2.24) is 10.3 Å². The van der Waals surface area contributed by atoms with E-state index in [2.05, 4.69) is 5.32 Å². The topological polar surface area (TPSA) is 71.5 Å². The van der Waals surface area contributed by atoms with Crippen LogP contribution in [0.25, 0.3) is 0 Å². The molecule has 2 atom stereocenters. The van der Waals surface area contributed by atoms with Crippen LogP contribution >= 0.6 is 0 Å². The summed E-state index contributed by atoms with van der Waals surface area (Å²) >= 11 is 0. The number of pyridine rings is 1. The molecule has 31 heavy (non-hydrogen) atoms. The molecule has 2 aliphatic heterocycles. The van der Waals surface area contributed by atoms with Gasteiger partial charge in [0.25, 0.3) is 11.8 Å². The average molecular weight is 426 g/mol. The summed E-state index contributed by atoms with van der Waals surface area (Å²) < 4.78 is 19.0. The molecule has 7 heteroatoms. The van der Waals surface area contributed by atoms with Crippen molar-refractivity contribution in [2.75, 3.05) is 18.1 Å². The van der Waals surface area contributed by atoms with Gasteiger partial charge in [0.2, 0.25) is 0 Å². The van der Waals surface area contributed by atoms with Gasteiger partial charge in [-0.25, -0.2) is 4.39 Å². The van der Waals surface area contributed by atoms with E-state index in [-0.39, 0.29) is 23.7 Å². The standard InChI is InChI=1S/C24H28FN3O3/c1-16(26-22(29)17-7-9-18(25)10-8-17)19-11-12-21-20(27-19)6-5-14-28(21)23(30)24(2)13-3-4-15-31-24/h7-12,16H,3-6,13-15H2,1-2H3,(H,26,29). The normalized spacial score (nSPS) is 21.8. The van der Waals surface area contributed by atoms with Gasteiger partial charge in [-0.3, -0.25) is 14.6 Å². The third-order valence-corrected chi connectivity index (χ3v) is 6.12. The zero-order valence-electron chi connectivity index (χ0n) is 18.0. The smallest absolute Gasteiger partial charge is 0.258 e. The van der Waals surface area contributed by atoms with Gasteiger partial charge in [-0.1, -0.05) is 0 Å². The van der Waals surface area contributed by atoms with Crippen LogP contribution < -0.4 is 10.2 Å². The van der Waals surface area contributed by atoms with Crippen LogP contribution in [-0.4, -0.2) is 35.6 Å². The van der Waals surface area contributed by atoms with Gasteiger partial charge < -0.3 is 15.0 Å². The first-order valence-corrected chi connectivity index (χ1v) is 10.9. The van der Waals surface area contributed by atoms with Crippen molar-refractivity contribution < 1.29 is 18.7 Å². The zero-order chi connectivity index (χ0) is 22.0. The molecular formula is C24H28FN3O3. The zero-order valence-corrected chi connectivity index (χ0v) is 18.0. The minimum atomic E-state index is -0.776. The molecule has 3 heterocycles. The first-order valence-electron chi connectivity index (χ1n) is 10.9. The number of hydrogen-bond acceptors (Lipinski definition) is 4. The van der Waals surface area contributed by atoms with E-state index >= 15 is 0 Å². The van der Waals surface area contributed by atoms with E-state index in [0.29, 0.717) is 18.7 Å². The maximum absolute atomic E-state index is 13.3. The monoisotopic (exact) mass is 425 g/mol. The fraction of sp³-hybridized carbons (Fsp3) is 0.458. The van der Waals surface area contributed by atoms with E-state index in [1.54, 1.807) is 0 Å². The lowest BCUT2D eigenvalue weighted by Gasteiger charge is -2.39. The lowest BCUT2D eigenvalue weighted by Crippen LogP contribution is -2.52. The number of halogens is 1. The lowest BCUT2D eigenvalue weighted by molar-refractivity contribution is -0.147. The number of aryl methyl sites for hydroxylation is 1. The van der Waals surface area contributed by atoms with Gasteiger partial charge in [0, 0.05) is 18.7 Å². The second kappa shape index (κ2) is 8.75. The van der Waals surface area contributed by atoms with Gasteiger partial charge >= 0.3 is 0 Å². The van der Waals surface area contributed by atoms with Gasteiger partial charge in [0.15, 0.2) is 0 Å². The molecule has 0 spiro atoms. The van der Waals surface area contributed by atoms with Crippen LogP contribution in [0.5, 0.6) is 0 Å². The molecule has 0 aliphatic carbocycles. The molecule has 6 nitrogen and oxygen atoms in total. The number of hydrogen-bond donors (Lipinski definition) is 1. The maximum atomic E-state index is 13.3. The molecule has 0 saturated carbocycles. The number of nitrogens with zero attached hydrogens (tertiary/aromatic N) is 2. The van der Waals surface area contributed by atoms with E-state index in [1.165, 1.54) is 24.3 Å². The molecule has 2 aliphatic rings. The summed E-state index contributed by atoms with van der Waals surface area (Å²) in [6.07, 6.45) is 4.33. The largest absolute Gasteiger partial charge is 0.365 e. The van der Waals surface area contributed by atoms with E-state index in [9.17, 15) is 14.0 Å². The van der Waals surface area contributed by atoms with E-state index < -0.39 is 5.60 Å². The molecule has 1 N–H and O–H groups in total. The Hall–Kier alpha value is -2.80. The molecule has 164 valence electrons. The number of ether oxygens (including phenoxy) is 1. The SMILES string of the molecule is CC(NC(=O)c1ccc(F)cc1)c1ccc2c(n1)CCCN2C(=O)C1(C)CCCCO1. The first kappa shape index (κ1) is 21.4. The molecule has 2 amide bonds. The Bertz CT molecular complexity index is 971. The number of amides is 2. The average Bonchev–Trinajstić information content (AvgIpc) is 2.78. The lowest BCUT2D eigenvalue weighted by atomic mass is 9.93.